The van der Waals surface area contributed by atoms with E-state index in [1.165, 1.54) is 25.7 Å². The highest BCUT2D eigenvalue weighted by molar-refractivity contribution is 5.15. The Hall–Kier alpha value is -1.19. The van der Waals surface area contributed by atoms with Crippen LogP contribution in [0.3, 0.4) is 0 Å². The summed E-state index contributed by atoms with van der Waals surface area (Å²) >= 11 is 0. The number of aromatic amines is 2. The quantitative estimate of drug-likeness (QED) is 0.607. The van der Waals surface area contributed by atoms with E-state index < -0.39 is 0 Å². The van der Waals surface area contributed by atoms with Crippen LogP contribution in [0.2, 0.25) is 0 Å². The molecule has 15 heavy (non-hydrogen) atoms. The Morgan fingerprint density at radius 2 is 1.73 bits per heavy atom. The summed E-state index contributed by atoms with van der Waals surface area (Å²) in [7, 11) is 0. The van der Waals surface area contributed by atoms with Crippen molar-refractivity contribution in [3.8, 4) is 5.88 Å². The Morgan fingerprint density at radius 3 is 2.33 bits per heavy atom. The Balaban J connectivity index is 2.15. The lowest BCUT2D eigenvalue weighted by molar-refractivity contribution is 0.446. The van der Waals surface area contributed by atoms with Gasteiger partial charge < -0.3 is 10.1 Å². The molecular weight excluding hydrogens is 192 g/mol. The highest BCUT2D eigenvalue weighted by Gasteiger charge is 2.04. The van der Waals surface area contributed by atoms with Crippen LogP contribution < -0.4 is 5.69 Å². The average molecular weight is 212 g/mol. The van der Waals surface area contributed by atoms with Crippen LogP contribution in [0.4, 0.5) is 0 Å². The molecule has 0 fully saturated rings. The number of unbranched alkanes of at least 4 members (excludes halogenated alkanes) is 5. The van der Waals surface area contributed by atoms with Crippen LogP contribution in [0, 0.1) is 0 Å². The maximum absolute atomic E-state index is 10.8. The maximum atomic E-state index is 10.8. The molecule has 0 unspecified atom stereocenters. The van der Waals surface area contributed by atoms with Crippen molar-refractivity contribution in [3.63, 3.8) is 0 Å². The third kappa shape index (κ3) is 4.23. The number of imidazole rings is 1. The van der Waals surface area contributed by atoms with Gasteiger partial charge in [-0.25, -0.2) is 4.79 Å². The number of aromatic nitrogens is 2. The summed E-state index contributed by atoms with van der Waals surface area (Å²) in [5, 5.41) is 9.29. The Bertz CT molecular complexity index is 328. The first-order chi connectivity index (χ1) is 7.24. The fraction of sp³-hybridized carbons (Fsp3) is 0.727. The van der Waals surface area contributed by atoms with Gasteiger partial charge in [-0.15, -0.1) is 0 Å². The fourth-order valence-electron chi connectivity index (χ4n) is 1.67. The lowest BCUT2D eigenvalue weighted by Gasteiger charge is -1.99. The smallest absolute Gasteiger partial charge is 0.325 e. The van der Waals surface area contributed by atoms with E-state index in [-0.39, 0.29) is 11.6 Å². The molecule has 0 atom stereocenters. The van der Waals surface area contributed by atoms with E-state index in [2.05, 4.69) is 16.9 Å². The van der Waals surface area contributed by atoms with Gasteiger partial charge in [-0.1, -0.05) is 39.0 Å². The number of aromatic hydroxyl groups is 1. The second-order valence-electron chi connectivity index (χ2n) is 3.92. The van der Waals surface area contributed by atoms with Gasteiger partial charge in [0.05, 0.1) is 5.69 Å². The second-order valence-corrected chi connectivity index (χ2v) is 3.92. The molecule has 0 saturated carbocycles. The lowest BCUT2D eigenvalue weighted by atomic mass is 10.1. The first-order valence-electron chi connectivity index (χ1n) is 5.74. The van der Waals surface area contributed by atoms with E-state index in [4.69, 9.17) is 0 Å². The minimum atomic E-state index is -0.325. The number of hydrogen-bond acceptors (Lipinski definition) is 2. The molecule has 0 saturated heterocycles. The fourth-order valence-corrected chi connectivity index (χ4v) is 1.67. The number of hydrogen-bond donors (Lipinski definition) is 3. The largest absolute Gasteiger partial charge is 0.493 e. The molecule has 0 amide bonds. The van der Waals surface area contributed by atoms with Gasteiger partial charge in [0.25, 0.3) is 0 Å². The zero-order valence-corrected chi connectivity index (χ0v) is 9.31. The predicted molar refractivity (Wildman–Crippen MR) is 60.2 cm³/mol. The topological polar surface area (TPSA) is 68.9 Å². The molecule has 1 aromatic rings. The Kier molecular flexibility index (Phi) is 5.01. The van der Waals surface area contributed by atoms with Gasteiger partial charge in [0.15, 0.2) is 0 Å². The van der Waals surface area contributed by atoms with Gasteiger partial charge in [0.2, 0.25) is 5.88 Å². The van der Waals surface area contributed by atoms with Crippen LogP contribution >= 0.6 is 0 Å². The normalized spacial score (nSPS) is 10.7. The number of aryl methyl sites for hydroxylation is 1. The predicted octanol–water partition coefficient (Wildman–Crippen LogP) is 2.31. The van der Waals surface area contributed by atoms with E-state index in [0.29, 0.717) is 5.69 Å². The van der Waals surface area contributed by atoms with Crippen molar-refractivity contribution in [2.45, 2.75) is 51.9 Å². The molecule has 0 aliphatic carbocycles. The zero-order chi connectivity index (χ0) is 11.1. The minimum Gasteiger partial charge on any atom is -0.493 e. The van der Waals surface area contributed by atoms with E-state index in [1.54, 1.807) is 0 Å². The number of rotatable bonds is 7. The molecule has 0 radical (unpaired) electrons. The van der Waals surface area contributed by atoms with E-state index in [1.807, 2.05) is 0 Å². The molecule has 1 rings (SSSR count). The highest BCUT2D eigenvalue weighted by atomic mass is 16.3. The van der Waals surface area contributed by atoms with Crippen molar-refractivity contribution in [1.82, 2.24) is 9.97 Å². The number of nitrogens with one attached hydrogen (secondary N) is 2. The third-order valence-corrected chi connectivity index (χ3v) is 2.56. The molecule has 0 spiro atoms. The summed E-state index contributed by atoms with van der Waals surface area (Å²) in [5.41, 5.74) is 0.309. The van der Waals surface area contributed by atoms with Crippen molar-refractivity contribution in [3.05, 3.63) is 16.2 Å². The van der Waals surface area contributed by atoms with Crippen molar-refractivity contribution in [2.24, 2.45) is 0 Å². The molecule has 3 N–H and O–H groups in total. The van der Waals surface area contributed by atoms with E-state index >= 15 is 0 Å². The molecular formula is C11H20N2O2. The molecule has 86 valence electrons. The van der Waals surface area contributed by atoms with Crippen LogP contribution in [0.1, 0.15) is 51.1 Å². The Labute approximate surface area is 89.7 Å². The molecule has 0 aliphatic rings. The summed E-state index contributed by atoms with van der Waals surface area (Å²) in [6.07, 6.45) is 8.00. The van der Waals surface area contributed by atoms with Gasteiger partial charge in [-0.05, 0) is 12.8 Å². The maximum Gasteiger partial charge on any atom is 0.325 e. The molecule has 0 aromatic carbocycles. The molecule has 0 aliphatic heterocycles. The van der Waals surface area contributed by atoms with Crippen molar-refractivity contribution < 1.29 is 5.11 Å². The van der Waals surface area contributed by atoms with E-state index in [0.717, 1.165) is 19.3 Å². The first kappa shape index (κ1) is 11.9. The van der Waals surface area contributed by atoms with Crippen LogP contribution in [-0.2, 0) is 6.42 Å². The second kappa shape index (κ2) is 6.32. The van der Waals surface area contributed by atoms with Gasteiger partial charge in [0.1, 0.15) is 0 Å². The molecule has 1 heterocycles. The van der Waals surface area contributed by atoms with Crippen LogP contribution in [0.5, 0.6) is 5.88 Å². The first-order valence-corrected chi connectivity index (χ1v) is 5.74. The van der Waals surface area contributed by atoms with Gasteiger partial charge in [-0.3, -0.25) is 4.98 Å². The summed E-state index contributed by atoms with van der Waals surface area (Å²) in [6, 6.07) is 0. The SMILES string of the molecule is CCCCCCCCc1[nH]c(=O)[nH]c1O. The van der Waals surface area contributed by atoms with Gasteiger partial charge in [-0.2, -0.15) is 0 Å². The average Bonchev–Trinajstić information content (AvgIpc) is 2.51. The summed E-state index contributed by atoms with van der Waals surface area (Å²) in [6.45, 7) is 2.20. The lowest BCUT2D eigenvalue weighted by Crippen LogP contribution is -2.01. The van der Waals surface area contributed by atoms with Gasteiger partial charge in [0, 0.05) is 0 Å². The van der Waals surface area contributed by atoms with Gasteiger partial charge >= 0.3 is 5.69 Å². The minimum absolute atomic E-state index is 0.00596. The summed E-state index contributed by atoms with van der Waals surface area (Å²) in [5.74, 6) is -0.00596. The zero-order valence-electron chi connectivity index (χ0n) is 9.31. The van der Waals surface area contributed by atoms with E-state index in [9.17, 15) is 9.90 Å². The van der Waals surface area contributed by atoms with Crippen molar-refractivity contribution >= 4 is 0 Å². The summed E-state index contributed by atoms with van der Waals surface area (Å²) < 4.78 is 0. The Morgan fingerprint density at radius 1 is 1.07 bits per heavy atom. The number of H-pyrrole nitrogens is 2. The molecule has 1 aromatic heterocycles. The van der Waals surface area contributed by atoms with Crippen LogP contribution in [0.15, 0.2) is 4.79 Å². The molecule has 0 bridgehead atoms. The summed E-state index contributed by atoms with van der Waals surface area (Å²) in [4.78, 5) is 15.7. The van der Waals surface area contributed by atoms with Crippen LogP contribution in [-0.4, -0.2) is 15.1 Å². The highest BCUT2D eigenvalue weighted by Crippen LogP contribution is 2.13. The molecule has 4 heteroatoms. The third-order valence-electron chi connectivity index (χ3n) is 2.56. The molecule has 4 nitrogen and oxygen atoms in total. The van der Waals surface area contributed by atoms with Crippen LogP contribution in [0.25, 0.3) is 0 Å². The standard InChI is InChI=1S/C11H20N2O2/c1-2-3-4-5-6-7-8-9-10(14)13-11(15)12-9/h14H,2-8H2,1H3,(H2,12,13,15). The van der Waals surface area contributed by atoms with Crippen molar-refractivity contribution in [2.75, 3.05) is 0 Å². The monoisotopic (exact) mass is 212 g/mol. The van der Waals surface area contributed by atoms with Crippen molar-refractivity contribution in [1.29, 1.82) is 0 Å².